The zero-order chi connectivity index (χ0) is 25.5. The van der Waals surface area contributed by atoms with Crippen molar-refractivity contribution in [2.45, 2.75) is 13.1 Å². The lowest BCUT2D eigenvalue weighted by Gasteiger charge is -2.10. The average molecular weight is 496 g/mol. The van der Waals surface area contributed by atoms with Crippen LogP contribution in [0.5, 0.6) is 6.01 Å². The van der Waals surface area contributed by atoms with E-state index in [4.69, 9.17) is 9.47 Å². The van der Waals surface area contributed by atoms with Gasteiger partial charge in [-0.15, -0.1) is 5.10 Å². The van der Waals surface area contributed by atoms with Crippen molar-refractivity contribution in [3.05, 3.63) is 90.0 Å². The van der Waals surface area contributed by atoms with Crippen molar-refractivity contribution < 1.29 is 27.4 Å². The molecule has 186 valence electrons. The molecule has 1 N–H and O–H groups in total. The first-order chi connectivity index (χ1) is 17.3. The molecule has 0 spiro atoms. The number of halogens is 3. The summed E-state index contributed by atoms with van der Waals surface area (Å²) in [5, 5.41) is 7.20. The van der Waals surface area contributed by atoms with Gasteiger partial charge in [0, 0.05) is 23.4 Å². The van der Waals surface area contributed by atoms with E-state index in [1.807, 2.05) is 13.0 Å². The van der Waals surface area contributed by atoms with Crippen molar-refractivity contribution in [3.63, 3.8) is 0 Å². The second-order valence-electron chi connectivity index (χ2n) is 7.62. The number of ether oxygens (including phenoxy) is 2. The molecule has 1 aromatic heterocycles. The fraction of sp³-hybridized carbons (Fsp3) is 0.192. The van der Waals surface area contributed by atoms with Gasteiger partial charge in [0.15, 0.2) is 5.82 Å². The first-order valence-corrected chi connectivity index (χ1v) is 11.2. The lowest BCUT2D eigenvalue weighted by molar-refractivity contribution is -0.137. The minimum Gasteiger partial charge on any atom is -0.460 e. The summed E-state index contributed by atoms with van der Waals surface area (Å²) in [4.78, 5) is 16.8. The van der Waals surface area contributed by atoms with Crippen LogP contribution in [0.2, 0.25) is 0 Å². The highest BCUT2D eigenvalue weighted by Crippen LogP contribution is 2.31. The van der Waals surface area contributed by atoms with Crippen LogP contribution in [0.15, 0.2) is 78.9 Å². The lowest BCUT2D eigenvalue weighted by Crippen LogP contribution is -2.11. The Bertz CT molecular complexity index is 1290. The van der Waals surface area contributed by atoms with Gasteiger partial charge in [0.05, 0.1) is 17.9 Å². The number of benzene rings is 3. The fourth-order valence-corrected chi connectivity index (χ4v) is 3.34. The molecule has 1 heterocycles. The Morgan fingerprint density at radius 1 is 0.944 bits per heavy atom. The van der Waals surface area contributed by atoms with Crippen LogP contribution in [0.1, 0.15) is 22.8 Å². The predicted molar refractivity (Wildman–Crippen MR) is 128 cm³/mol. The van der Waals surface area contributed by atoms with Crippen LogP contribution in [0, 0.1) is 0 Å². The molecule has 36 heavy (non-hydrogen) atoms. The number of anilines is 1. The highest BCUT2D eigenvalue weighted by Gasteiger charge is 2.30. The van der Waals surface area contributed by atoms with Crippen LogP contribution in [-0.2, 0) is 10.9 Å². The number of aromatic nitrogens is 3. The molecule has 4 rings (SSSR count). The maximum atomic E-state index is 13.0. The molecule has 4 aromatic rings. The van der Waals surface area contributed by atoms with Gasteiger partial charge in [0.1, 0.15) is 6.61 Å². The van der Waals surface area contributed by atoms with Crippen LogP contribution in [0.3, 0.4) is 0 Å². The first-order valence-electron chi connectivity index (χ1n) is 11.2. The van der Waals surface area contributed by atoms with Crippen molar-refractivity contribution in [1.29, 1.82) is 0 Å². The van der Waals surface area contributed by atoms with Gasteiger partial charge in [0.25, 0.3) is 5.91 Å². The summed E-state index contributed by atoms with van der Waals surface area (Å²) in [6, 6.07) is 20.3. The Morgan fingerprint density at radius 2 is 1.64 bits per heavy atom. The number of carbonyl (C=O) groups is 1. The molecule has 0 aliphatic carbocycles. The average Bonchev–Trinajstić information content (AvgIpc) is 3.31. The number of hydrogen-bond donors (Lipinski definition) is 1. The van der Waals surface area contributed by atoms with E-state index < -0.39 is 11.7 Å². The summed E-state index contributed by atoms with van der Waals surface area (Å²) in [5.74, 6) is 0.0516. The molecule has 0 aliphatic rings. The predicted octanol–water partition coefficient (Wildman–Crippen LogP) is 5.62. The monoisotopic (exact) mass is 496 g/mol. The van der Waals surface area contributed by atoms with E-state index in [2.05, 4.69) is 15.4 Å². The van der Waals surface area contributed by atoms with Crippen LogP contribution in [0.4, 0.5) is 18.9 Å². The highest BCUT2D eigenvalue weighted by molar-refractivity contribution is 6.04. The third-order valence-electron chi connectivity index (χ3n) is 5.13. The lowest BCUT2D eigenvalue weighted by atomic mass is 10.1. The third-order valence-corrected chi connectivity index (χ3v) is 5.13. The van der Waals surface area contributed by atoms with E-state index in [1.54, 1.807) is 48.5 Å². The van der Waals surface area contributed by atoms with Crippen molar-refractivity contribution in [2.24, 2.45) is 0 Å². The fourth-order valence-electron chi connectivity index (χ4n) is 3.34. The SMILES string of the molecule is CCOCCOc1nc(-c2ccc(C(F)(F)F)cc2)n(-c2ccc(NC(=O)c3ccccc3)cc2)n1. The van der Waals surface area contributed by atoms with Gasteiger partial charge in [-0.25, -0.2) is 4.68 Å². The first kappa shape index (κ1) is 24.9. The Kier molecular flexibility index (Phi) is 7.65. The zero-order valence-corrected chi connectivity index (χ0v) is 19.3. The van der Waals surface area contributed by atoms with Crippen LogP contribution in [-0.4, -0.2) is 40.5 Å². The van der Waals surface area contributed by atoms with E-state index in [0.29, 0.717) is 41.5 Å². The highest BCUT2D eigenvalue weighted by atomic mass is 19.4. The van der Waals surface area contributed by atoms with E-state index in [9.17, 15) is 18.0 Å². The van der Waals surface area contributed by atoms with E-state index in [0.717, 1.165) is 12.1 Å². The van der Waals surface area contributed by atoms with Gasteiger partial charge < -0.3 is 14.8 Å². The molecule has 0 saturated carbocycles. The molecule has 1 amide bonds. The molecule has 0 aliphatic heterocycles. The summed E-state index contributed by atoms with van der Waals surface area (Å²) in [5.41, 5.74) is 1.34. The molecule has 0 radical (unpaired) electrons. The van der Waals surface area contributed by atoms with Crippen molar-refractivity contribution in [1.82, 2.24) is 14.8 Å². The molecule has 0 unspecified atom stereocenters. The van der Waals surface area contributed by atoms with Crippen molar-refractivity contribution in [2.75, 3.05) is 25.1 Å². The Balaban J connectivity index is 1.60. The van der Waals surface area contributed by atoms with Crippen LogP contribution < -0.4 is 10.1 Å². The second kappa shape index (κ2) is 11.0. The molecular weight excluding hydrogens is 473 g/mol. The summed E-state index contributed by atoms with van der Waals surface area (Å²) in [6.45, 7) is 2.96. The van der Waals surface area contributed by atoms with Crippen LogP contribution in [0.25, 0.3) is 17.1 Å². The normalized spacial score (nSPS) is 11.3. The second-order valence-corrected chi connectivity index (χ2v) is 7.62. The number of hydrogen-bond acceptors (Lipinski definition) is 5. The minimum absolute atomic E-state index is 0.0612. The van der Waals surface area contributed by atoms with Crippen molar-refractivity contribution in [3.8, 4) is 23.1 Å². The molecular formula is C26H23F3N4O3. The van der Waals surface area contributed by atoms with Crippen molar-refractivity contribution >= 4 is 11.6 Å². The number of rotatable bonds is 9. The van der Waals surface area contributed by atoms with Gasteiger partial charge >= 0.3 is 12.2 Å². The molecule has 0 bridgehead atoms. The van der Waals surface area contributed by atoms with Gasteiger partial charge in [-0.1, -0.05) is 30.3 Å². The standard InChI is InChI=1S/C26H23F3N4O3/c1-2-35-16-17-36-25-31-23(18-8-10-20(11-9-18)26(27,28)29)33(32-25)22-14-12-21(13-15-22)30-24(34)19-6-4-3-5-7-19/h3-15H,2,16-17H2,1H3,(H,30,34). The minimum atomic E-state index is -4.44. The number of carbonyl (C=O) groups excluding carboxylic acids is 1. The van der Waals surface area contributed by atoms with Crippen LogP contribution >= 0.6 is 0 Å². The number of alkyl halides is 3. The summed E-state index contributed by atoms with van der Waals surface area (Å²) < 4.78 is 51.3. The molecule has 0 fully saturated rings. The Hall–Kier alpha value is -4.18. The van der Waals surface area contributed by atoms with Gasteiger partial charge in [-0.3, -0.25) is 4.79 Å². The number of nitrogens with one attached hydrogen (secondary N) is 1. The largest absolute Gasteiger partial charge is 0.460 e. The van der Waals surface area contributed by atoms with E-state index in [1.165, 1.54) is 16.8 Å². The maximum Gasteiger partial charge on any atom is 0.416 e. The van der Waals surface area contributed by atoms with E-state index >= 15 is 0 Å². The van der Waals surface area contributed by atoms with Gasteiger partial charge in [-0.2, -0.15) is 18.2 Å². The molecule has 0 saturated heterocycles. The van der Waals surface area contributed by atoms with Gasteiger partial charge in [0.2, 0.25) is 0 Å². The molecule has 3 aromatic carbocycles. The number of amides is 1. The molecule has 0 atom stereocenters. The summed E-state index contributed by atoms with van der Waals surface area (Å²) >= 11 is 0. The Labute approximate surface area is 205 Å². The quantitative estimate of drug-likeness (QED) is 0.304. The topological polar surface area (TPSA) is 78.3 Å². The molecule has 7 nitrogen and oxygen atoms in total. The maximum absolute atomic E-state index is 13.0. The molecule has 10 heteroatoms. The Morgan fingerprint density at radius 3 is 2.28 bits per heavy atom. The number of nitrogens with zero attached hydrogens (tertiary/aromatic N) is 3. The third kappa shape index (κ3) is 6.08. The van der Waals surface area contributed by atoms with E-state index in [-0.39, 0.29) is 18.5 Å². The smallest absolute Gasteiger partial charge is 0.416 e. The van der Waals surface area contributed by atoms with Gasteiger partial charge in [-0.05, 0) is 55.5 Å². The summed E-state index contributed by atoms with van der Waals surface area (Å²) in [7, 11) is 0. The zero-order valence-electron chi connectivity index (χ0n) is 19.3. The summed E-state index contributed by atoms with van der Waals surface area (Å²) in [6.07, 6.45) is -4.44.